The first kappa shape index (κ1) is 40.4. The molecule has 0 aliphatic carbocycles. The summed E-state index contributed by atoms with van der Waals surface area (Å²) in [4.78, 5) is 12.4. The number of hydrogen-bond donors (Lipinski definition) is 4. The number of unbranched alkanes of at least 4 members (excludes halogenated alkanes) is 25. The Morgan fingerprint density at radius 1 is 0.488 bits per heavy atom. The monoisotopic (exact) mass is 584 g/mol. The lowest BCUT2D eigenvalue weighted by molar-refractivity contribution is -0.131. The fourth-order valence-electron chi connectivity index (χ4n) is 5.78. The molecule has 0 aromatic heterocycles. The number of aliphatic hydroxyl groups is 3. The fraction of sp³-hybridized carbons (Fsp3) is 0.972. The molecule has 0 aliphatic rings. The minimum Gasteiger partial charge on any atom is -0.394 e. The van der Waals surface area contributed by atoms with Gasteiger partial charge in [-0.05, 0) is 12.8 Å². The Balaban J connectivity index is 3.63. The molecule has 3 unspecified atom stereocenters. The summed E-state index contributed by atoms with van der Waals surface area (Å²) in [5.41, 5.74) is 0. The molecule has 5 heteroatoms. The highest BCUT2D eigenvalue weighted by Crippen LogP contribution is 2.16. The summed E-state index contributed by atoms with van der Waals surface area (Å²) in [6, 6.07) is -0.703. The Morgan fingerprint density at radius 2 is 0.780 bits per heavy atom. The first-order valence-electron chi connectivity index (χ1n) is 18.3. The molecule has 0 aliphatic heterocycles. The molecule has 5 nitrogen and oxygen atoms in total. The Kier molecular flexibility index (Phi) is 31.8. The van der Waals surface area contributed by atoms with Crippen LogP contribution in [-0.2, 0) is 4.79 Å². The zero-order chi connectivity index (χ0) is 30.2. The molecule has 0 aromatic rings. The SMILES string of the molecule is CCCCCCCCCCCCCCCCCCCC(O)C(=O)NC(CO)C(O)CCCCCCCCCCCC. The van der Waals surface area contributed by atoms with Crippen LogP contribution in [0.2, 0.25) is 0 Å². The van der Waals surface area contributed by atoms with E-state index in [0.29, 0.717) is 12.8 Å². The Labute approximate surface area is 256 Å². The third-order valence-corrected chi connectivity index (χ3v) is 8.73. The van der Waals surface area contributed by atoms with E-state index in [4.69, 9.17) is 0 Å². The van der Waals surface area contributed by atoms with Crippen LogP contribution < -0.4 is 5.32 Å². The van der Waals surface area contributed by atoms with Crippen LogP contribution in [0.5, 0.6) is 0 Å². The van der Waals surface area contributed by atoms with Crippen molar-refractivity contribution in [1.29, 1.82) is 0 Å². The van der Waals surface area contributed by atoms with Crippen LogP contribution in [0.3, 0.4) is 0 Å². The van der Waals surface area contributed by atoms with Crippen molar-refractivity contribution < 1.29 is 20.1 Å². The average molecular weight is 584 g/mol. The molecule has 0 fully saturated rings. The quantitative estimate of drug-likeness (QED) is 0.0579. The summed E-state index contributed by atoms with van der Waals surface area (Å²) in [5, 5.41) is 33.0. The van der Waals surface area contributed by atoms with Crippen LogP contribution in [0.15, 0.2) is 0 Å². The standard InChI is InChI=1S/C36H73NO4/c1-3-5-7-9-11-13-15-16-17-18-19-20-21-23-25-27-29-31-35(40)36(41)37-33(32-38)34(39)30-28-26-24-22-14-12-10-8-6-4-2/h33-35,38-40H,3-32H2,1-2H3,(H,37,41). The summed E-state index contributed by atoms with van der Waals surface area (Å²) in [6.45, 7) is 4.21. The van der Waals surface area contributed by atoms with Crippen molar-refractivity contribution in [3.63, 3.8) is 0 Å². The number of aliphatic hydroxyl groups excluding tert-OH is 3. The van der Waals surface area contributed by atoms with Gasteiger partial charge in [0.25, 0.3) is 0 Å². The number of amides is 1. The maximum Gasteiger partial charge on any atom is 0.249 e. The predicted molar refractivity (Wildman–Crippen MR) is 176 cm³/mol. The molecule has 246 valence electrons. The zero-order valence-corrected chi connectivity index (χ0v) is 27.7. The lowest BCUT2D eigenvalue weighted by atomic mass is 10.0. The second kappa shape index (κ2) is 32.3. The van der Waals surface area contributed by atoms with Crippen molar-refractivity contribution in [1.82, 2.24) is 5.32 Å². The highest BCUT2D eigenvalue weighted by molar-refractivity contribution is 5.80. The molecule has 0 aromatic carbocycles. The Bertz CT molecular complexity index is 530. The lowest BCUT2D eigenvalue weighted by Gasteiger charge is -2.23. The summed E-state index contributed by atoms with van der Waals surface area (Å²) in [5.74, 6) is -0.470. The second-order valence-electron chi connectivity index (χ2n) is 12.8. The second-order valence-corrected chi connectivity index (χ2v) is 12.8. The van der Waals surface area contributed by atoms with Crippen molar-refractivity contribution in [2.75, 3.05) is 6.61 Å². The van der Waals surface area contributed by atoms with E-state index in [2.05, 4.69) is 19.2 Å². The highest BCUT2D eigenvalue weighted by Gasteiger charge is 2.23. The maximum absolute atomic E-state index is 12.4. The average Bonchev–Trinajstić information content (AvgIpc) is 2.98. The number of nitrogens with one attached hydrogen (secondary N) is 1. The molecule has 0 bridgehead atoms. The van der Waals surface area contributed by atoms with Crippen LogP contribution in [0.25, 0.3) is 0 Å². The summed E-state index contributed by atoms with van der Waals surface area (Å²) < 4.78 is 0. The van der Waals surface area contributed by atoms with Gasteiger partial charge in [-0.15, -0.1) is 0 Å². The normalized spacial score (nSPS) is 13.8. The molecule has 41 heavy (non-hydrogen) atoms. The van der Waals surface area contributed by atoms with Crippen LogP contribution in [0.1, 0.15) is 200 Å². The van der Waals surface area contributed by atoms with Crippen LogP contribution >= 0.6 is 0 Å². The van der Waals surface area contributed by atoms with E-state index < -0.39 is 24.2 Å². The fourth-order valence-corrected chi connectivity index (χ4v) is 5.78. The Morgan fingerprint density at radius 3 is 1.10 bits per heavy atom. The van der Waals surface area contributed by atoms with Crippen LogP contribution in [-0.4, -0.2) is 46.1 Å². The van der Waals surface area contributed by atoms with E-state index in [9.17, 15) is 20.1 Å². The van der Waals surface area contributed by atoms with E-state index in [1.807, 2.05) is 0 Å². The summed E-state index contributed by atoms with van der Waals surface area (Å²) in [7, 11) is 0. The van der Waals surface area contributed by atoms with Gasteiger partial charge in [0.15, 0.2) is 0 Å². The first-order chi connectivity index (χ1) is 20.1. The van der Waals surface area contributed by atoms with E-state index in [0.717, 1.165) is 32.1 Å². The number of carbonyl (C=O) groups is 1. The van der Waals surface area contributed by atoms with Crippen LogP contribution in [0.4, 0.5) is 0 Å². The molecule has 3 atom stereocenters. The van der Waals surface area contributed by atoms with Crippen molar-refractivity contribution >= 4 is 5.91 Å². The van der Waals surface area contributed by atoms with Gasteiger partial charge < -0.3 is 20.6 Å². The first-order valence-corrected chi connectivity index (χ1v) is 18.3. The van der Waals surface area contributed by atoms with E-state index in [1.165, 1.54) is 141 Å². The van der Waals surface area contributed by atoms with Gasteiger partial charge in [-0.2, -0.15) is 0 Å². The smallest absolute Gasteiger partial charge is 0.249 e. The van der Waals surface area contributed by atoms with Gasteiger partial charge in [0, 0.05) is 0 Å². The lowest BCUT2D eigenvalue weighted by Crippen LogP contribution is -2.49. The third kappa shape index (κ3) is 27.9. The highest BCUT2D eigenvalue weighted by atomic mass is 16.3. The van der Waals surface area contributed by atoms with Gasteiger partial charge in [-0.25, -0.2) is 0 Å². The van der Waals surface area contributed by atoms with Gasteiger partial charge in [0.05, 0.1) is 18.8 Å². The van der Waals surface area contributed by atoms with Crippen molar-refractivity contribution in [2.45, 2.75) is 218 Å². The molecular formula is C36H73NO4. The third-order valence-electron chi connectivity index (χ3n) is 8.73. The summed E-state index contributed by atoms with van der Waals surface area (Å²) >= 11 is 0. The maximum atomic E-state index is 12.4. The van der Waals surface area contributed by atoms with Gasteiger partial charge >= 0.3 is 0 Å². The molecule has 0 radical (unpaired) electrons. The largest absolute Gasteiger partial charge is 0.394 e. The van der Waals surface area contributed by atoms with Crippen LogP contribution in [0, 0.1) is 0 Å². The molecule has 1 amide bonds. The summed E-state index contributed by atoms with van der Waals surface area (Å²) in [6.07, 6.45) is 33.7. The topological polar surface area (TPSA) is 89.8 Å². The Hall–Kier alpha value is -0.650. The number of hydrogen-bond acceptors (Lipinski definition) is 4. The zero-order valence-electron chi connectivity index (χ0n) is 27.7. The minimum absolute atomic E-state index is 0.309. The predicted octanol–water partition coefficient (Wildman–Crippen LogP) is 9.54. The molecule has 0 spiro atoms. The number of rotatable bonds is 33. The molecule has 4 N–H and O–H groups in total. The molecule has 0 heterocycles. The molecule has 0 rings (SSSR count). The van der Waals surface area contributed by atoms with Gasteiger partial charge in [-0.3, -0.25) is 4.79 Å². The minimum atomic E-state index is -1.06. The van der Waals surface area contributed by atoms with Gasteiger partial charge in [0.2, 0.25) is 5.91 Å². The van der Waals surface area contributed by atoms with Crippen molar-refractivity contribution in [2.24, 2.45) is 0 Å². The number of carbonyl (C=O) groups excluding carboxylic acids is 1. The molecule has 0 saturated heterocycles. The van der Waals surface area contributed by atoms with E-state index in [-0.39, 0.29) is 6.61 Å². The van der Waals surface area contributed by atoms with Crippen molar-refractivity contribution in [3.05, 3.63) is 0 Å². The molecular weight excluding hydrogens is 510 g/mol. The van der Waals surface area contributed by atoms with Crippen molar-refractivity contribution in [3.8, 4) is 0 Å². The van der Waals surface area contributed by atoms with Gasteiger partial charge in [-0.1, -0.05) is 187 Å². The van der Waals surface area contributed by atoms with E-state index in [1.54, 1.807) is 0 Å². The molecule has 0 saturated carbocycles. The van der Waals surface area contributed by atoms with E-state index >= 15 is 0 Å². The van der Waals surface area contributed by atoms with Gasteiger partial charge in [0.1, 0.15) is 6.10 Å².